The van der Waals surface area contributed by atoms with Crippen LogP contribution in [0.2, 0.25) is 0 Å². The van der Waals surface area contributed by atoms with E-state index in [0.29, 0.717) is 5.92 Å². The lowest BCUT2D eigenvalue weighted by Gasteiger charge is -2.05. The van der Waals surface area contributed by atoms with Gasteiger partial charge in [0.25, 0.3) is 0 Å². The summed E-state index contributed by atoms with van der Waals surface area (Å²) < 4.78 is 2.03. The molecule has 0 atom stereocenters. The molecular weight excluding hydrogens is 266 g/mol. The largest absolute Gasteiger partial charge is 0.311 e. The van der Waals surface area contributed by atoms with Crippen LogP contribution in [0.3, 0.4) is 0 Å². The fourth-order valence-corrected chi connectivity index (χ4v) is 2.75. The Bertz CT molecular complexity index is 493. The second-order valence-electron chi connectivity index (χ2n) is 5.26. The maximum Gasteiger partial charge on any atom is 0.0762 e. The standard InChI is InChI=1S/C16H23N3S/c1-14(2)12-17-13-15-8-9-19(18-15)10-11-20-16-6-4-3-5-7-16/h3-9,14,17H,10-13H2,1-2H3. The van der Waals surface area contributed by atoms with Gasteiger partial charge in [-0.05, 0) is 30.7 Å². The Morgan fingerprint density at radius 3 is 2.75 bits per heavy atom. The topological polar surface area (TPSA) is 29.9 Å². The molecule has 0 saturated carbocycles. The Kier molecular flexibility index (Phi) is 6.15. The van der Waals surface area contributed by atoms with Gasteiger partial charge in [-0.25, -0.2) is 0 Å². The minimum Gasteiger partial charge on any atom is -0.311 e. The SMILES string of the molecule is CC(C)CNCc1ccn(CCSc2ccccc2)n1. The fourth-order valence-electron chi connectivity index (χ4n) is 1.89. The monoisotopic (exact) mass is 289 g/mol. The number of aryl methyl sites for hydroxylation is 1. The van der Waals surface area contributed by atoms with E-state index in [1.54, 1.807) is 0 Å². The molecule has 0 unspecified atom stereocenters. The number of aromatic nitrogens is 2. The molecule has 1 aromatic heterocycles. The van der Waals surface area contributed by atoms with E-state index in [4.69, 9.17) is 0 Å². The van der Waals surface area contributed by atoms with Crippen LogP contribution in [0.4, 0.5) is 0 Å². The summed E-state index contributed by atoms with van der Waals surface area (Å²) in [7, 11) is 0. The first-order valence-corrected chi connectivity index (χ1v) is 8.13. The van der Waals surface area contributed by atoms with Gasteiger partial charge >= 0.3 is 0 Å². The quantitative estimate of drug-likeness (QED) is 0.755. The smallest absolute Gasteiger partial charge is 0.0762 e. The van der Waals surface area contributed by atoms with Crippen LogP contribution in [0.5, 0.6) is 0 Å². The van der Waals surface area contributed by atoms with Gasteiger partial charge in [-0.15, -0.1) is 11.8 Å². The molecule has 0 saturated heterocycles. The van der Waals surface area contributed by atoms with Crippen molar-refractivity contribution in [3.63, 3.8) is 0 Å². The van der Waals surface area contributed by atoms with Crippen molar-refractivity contribution < 1.29 is 0 Å². The van der Waals surface area contributed by atoms with Gasteiger partial charge < -0.3 is 5.32 Å². The zero-order chi connectivity index (χ0) is 14.2. The number of benzene rings is 1. The third-order valence-corrected chi connectivity index (χ3v) is 3.88. The first kappa shape index (κ1) is 15.1. The van der Waals surface area contributed by atoms with Crippen molar-refractivity contribution >= 4 is 11.8 Å². The zero-order valence-electron chi connectivity index (χ0n) is 12.2. The van der Waals surface area contributed by atoms with Crippen LogP contribution in [-0.4, -0.2) is 22.1 Å². The van der Waals surface area contributed by atoms with Crippen molar-refractivity contribution in [2.75, 3.05) is 12.3 Å². The summed E-state index contributed by atoms with van der Waals surface area (Å²) in [6.45, 7) is 7.27. The van der Waals surface area contributed by atoms with Crippen molar-refractivity contribution in [2.24, 2.45) is 5.92 Å². The van der Waals surface area contributed by atoms with Gasteiger partial charge in [-0.2, -0.15) is 5.10 Å². The molecule has 2 rings (SSSR count). The maximum absolute atomic E-state index is 4.58. The van der Waals surface area contributed by atoms with E-state index in [2.05, 4.69) is 60.8 Å². The van der Waals surface area contributed by atoms with Crippen molar-refractivity contribution in [3.8, 4) is 0 Å². The van der Waals surface area contributed by atoms with Gasteiger partial charge in [0.15, 0.2) is 0 Å². The van der Waals surface area contributed by atoms with Crippen molar-refractivity contribution in [2.45, 2.75) is 31.8 Å². The van der Waals surface area contributed by atoms with E-state index in [1.807, 2.05) is 22.5 Å². The minimum absolute atomic E-state index is 0.680. The molecule has 4 heteroatoms. The highest BCUT2D eigenvalue weighted by Crippen LogP contribution is 2.16. The number of rotatable bonds is 8. The Labute approximate surface area is 125 Å². The molecule has 0 aliphatic heterocycles. The summed E-state index contributed by atoms with van der Waals surface area (Å²) in [5.74, 6) is 1.73. The van der Waals surface area contributed by atoms with Crippen molar-refractivity contribution in [1.82, 2.24) is 15.1 Å². The van der Waals surface area contributed by atoms with E-state index < -0.39 is 0 Å². The third kappa shape index (κ3) is 5.39. The summed E-state index contributed by atoms with van der Waals surface area (Å²) in [5, 5.41) is 7.99. The van der Waals surface area contributed by atoms with Gasteiger partial charge in [0.05, 0.1) is 12.2 Å². The molecule has 0 radical (unpaired) electrons. The predicted octanol–water partition coefficient (Wildman–Crippen LogP) is 3.42. The maximum atomic E-state index is 4.58. The highest BCUT2D eigenvalue weighted by atomic mass is 32.2. The van der Waals surface area contributed by atoms with E-state index in [-0.39, 0.29) is 0 Å². The van der Waals surface area contributed by atoms with E-state index in [1.165, 1.54) is 4.90 Å². The molecule has 0 aliphatic rings. The molecule has 1 heterocycles. The molecule has 1 aromatic carbocycles. The summed E-state index contributed by atoms with van der Waals surface area (Å²) in [6, 6.07) is 12.6. The summed E-state index contributed by atoms with van der Waals surface area (Å²) in [5.41, 5.74) is 1.12. The Balaban J connectivity index is 1.70. The average Bonchev–Trinajstić information content (AvgIpc) is 2.87. The lowest BCUT2D eigenvalue weighted by Crippen LogP contribution is -2.19. The van der Waals surface area contributed by atoms with Gasteiger partial charge in [0.2, 0.25) is 0 Å². The summed E-state index contributed by atoms with van der Waals surface area (Å²) in [6.07, 6.45) is 2.07. The van der Waals surface area contributed by atoms with Gasteiger partial charge in [-0.1, -0.05) is 32.0 Å². The molecule has 0 aliphatic carbocycles. The van der Waals surface area contributed by atoms with Crippen LogP contribution in [0, 0.1) is 5.92 Å². The Hall–Kier alpha value is -1.26. The lowest BCUT2D eigenvalue weighted by molar-refractivity contribution is 0.542. The number of nitrogens with zero attached hydrogens (tertiary/aromatic N) is 2. The van der Waals surface area contributed by atoms with Crippen molar-refractivity contribution in [1.29, 1.82) is 0 Å². The highest BCUT2D eigenvalue weighted by Gasteiger charge is 2.00. The fraction of sp³-hybridized carbons (Fsp3) is 0.438. The van der Waals surface area contributed by atoms with Crippen LogP contribution in [0.25, 0.3) is 0 Å². The van der Waals surface area contributed by atoms with Gasteiger partial charge in [-0.3, -0.25) is 4.68 Å². The molecule has 1 N–H and O–H groups in total. The van der Waals surface area contributed by atoms with Gasteiger partial charge in [0.1, 0.15) is 0 Å². The summed E-state index contributed by atoms with van der Waals surface area (Å²) in [4.78, 5) is 1.32. The van der Waals surface area contributed by atoms with E-state index in [0.717, 1.165) is 31.1 Å². The average molecular weight is 289 g/mol. The number of hydrogen-bond donors (Lipinski definition) is 1. The molecule has 2 aromatic rings. The first-order valence-electron chi connectivity index (χ1n) is 7.15. The van der Waals surface area contributed by atoms with Gasteiger partial charge in [0, 0.05) is 23.4 Å². The highest BCUT2D eigenvalue weighted by molar-refractivity contribution is 7.99. The molecular formula is C16H23N3S. The Morgan fingerprint density at radius 1 is 1.20 bits per heavy atom. The Morgan fingerprint density at radius 2 is 2.00 bits per heavy atom. The minimum atomic E-state index is 0.680. The van der Waals surface area contributed by atoms with E-state index in [9.17, 15) is 0 Å². The van der Waals surface area contributed by atoms with Crippen LogP contribution >= 0.6 is 11.8 Å². The molecule has 3 nitrogen and oxygen atoms in total. The molecule has 0 amide bonds. The van der Waals surface area contributed by atoms with Crippen LogP contribution in [-0.2, 0) is 13.1 Å². The molecule has 0 bridgehead atoms. The molecule has 20 heavy (non-hydrogen) atoms. The predicted molar refractivity (Wildman–Crippen MR) is 85.9 cm³/mol. The summed E-state index contributed by atoms with van der Waals surface area (Å²) >= 11 is 1.87. The molecule has 108 valence electrons. The van der Waals surface area contributed by atoms with Crippen LogP contribution < -0.4 is 5.32 Å². The number of thioether (sulfide) groups is 1. The second-order valence-corrected chi connectivity index (χ2v) is 6.42. The first-order chi connectivity index (χ1) is 9.74. The van der Waals surface area contributed by atoms with Crippen LogP contribution in [0.15, 0.2) is 47.5 Å². The molecule has 0 spiro atoms. The number of nitrogens with one attached hydrogen (secondary N) is 1. The zero-order valence-corrected chi connectivity index (χ0v) is 13.1. The second kappa shape index (κ2) is 8.12. The van der Waals surface area contributed by atoms with Crippen LogP contribution in [0.1, 0.15) is 19.5 Å². The van der Waals surface area contributed by atoms with E-state index >= 15 is 0 Å². The number of hydrogen-bond acceptors (Lipinski definition) is 3. The normalized spacial score (nSPS) is 11.2. The van der Waals surface area contributed by atoms with Crippen molar-refractivity contribution in [3.05, 3.63) is 48.3 Å². The third-order valence-electron chi connectivity index (χ3n) is 2.89. The lowest BCUT2D eigenvalue weighted by atomic mass is 10.2. The molecule has 0 fully saturated rings.